The molecular weight excluding hydrogens is 182 g/mol. The lowest BCUT2D eigenvalue weighted by Crippen LogP contribution is -2.63. The SMILES string of the molecule is CCC(NC(C)(N)N)O[Si](C)(C)C. The van der Waals surface area contributed by atoms with E-state index >= 15 is 0 Å². The van der Waals surface area contributed by atoms with Gasteiger partial charge in [0.25, 0.3) is 0 Å². The van der Waals surface area contributed by atoms with Gasteiger partial charge in [0.05, 0.1) is 6.23 Å². The first kappa shape index (κ1) is 13.1. The first-order valence-corrected chi connectivity index (χ1v) is 8.08. The zero-order valence-electron chi connectivity index (χ0n) is 9.35. The minimum absolute atomic E-state index is 0.0355. The van der Waals surface area contributed by atoms with Crippen LogP contribution in [-0.2, 0) is 4.43 Å². The third kappa shape index (κ3) is 8.39. The van der Waals surface area contributed by atoms with Crippen LogP contribution < -0.4 is 16.8 Å². The Morgan fingerprint density at radius 3 is 2.08 bits per heavy atom. The molecule has 0 aromatic carbocycles. The molecule has 0 aromatic rings. The van der Waals surface area contributed by atoms with Crippen molar-refractivity contribution >= 4 is 8.32 Å². The molecule has 0 spiro atoms. The van der Waals surface area contributed by atoms with E-state index in [2.05, 4.69) is 25.0 Å². The molecule has 0 heterocycles. The summed E-state index contributed by atoms with van der Waals surface area (Å²) in [6.07, 6.45) is 0.834. The van der Waals surface area contributed by atoms with E-state index < -0.39 is 14.1 Å². The smallest absolute Gasteiger partial charge is 0.185 e. The van der Waals surface area contributed by atoms with Gasteiger partial charge in [-0.15, -0.1) is 0 Å². The van der Waals surface area contributed by atoms with Crippen molar-refractivity contribution in [2.75, 3.05) is 0 Å². The van der Waals surface area contributed by atoms with Crippen molar-refractivity contribution in [3.05, 3.63) is 0 Å². The van der Waals surface area contributed by atoms with E-state index in [1.807, 2.05) is 6.92 Å². The van der Waals surface area contributed by atoms with Gasteiger partial charge in [0.15, 0.2) is 8.32 Å². The van der Waals surface area contributed by atoms with Crippen LogP contribution in [0.1, 0.15) is 20.3 Å². The fourth-order valence-corrected chi connectivity index (χ4v) is 2.07. The van der Waals surface area contributed by atoms with Crippen molar-refractivity contribution in [3.8, 4) is 0 Å². The average molecular weight is 205 g/mol. The van der Waals surface area contributed by atoms with Crippen LogP contribution in [0.4, 0.5) is 0 Å². The molecule has 0 fully saturated rings. The molecule has 0 aromatic heterocycles. The molecule has 1 unspecified atom stereocenters. The molecule has 0 saturated carbocycles. The summed E-state index contributed by atoms with van der Waals surface area (Å²) in [6, 6.07) is 0. The minimum atomic E-state index is -1.51. The fourth-order valence-electron chi connectivity index (χ4n) is 0.989. The van der Waals surface area contributed by atoms with Crippen molar-refractivity contribution in [2.45, 2.75) is 51.9 Å². The molecule has 1 atom stereocenters. The molecule has 13 heavy (non-hydrogen) atoms. The Balaban J connectivity index is 4.05. The van der Waals surface area contributed by atoms with E-state index in [1.54, 1.807) is 6.92 Å². The number of rotatable bonds is 5. The van der Waals surface area contributed by atoms with Gasteiger partial charge < -0.3 is 15.9 Å². The predicted molar refractivity (Wildman–Crippen MR) is 58.4 cm³/mol. The Kier molecular flexibility index (Phi) is 4.54. The Labute approximate surface area is 82.1 Å². The van der Waals surface area contributed by atoms with E-state index in [-0.39, 0.29) is 6.23 Å². The molecule has 0 radical (unpaired) electrons. The summed E-state index contributed by atoms with van der Waals surface area (Å²) >= 11 is 0. The van der Waals surface area contributed by atoms with Gasteiger partial charge in [0, 0.05) is 0 Å². The van der Waals surface area contributed by atoms with Crippen molar-refractivity contribution in [1.82, 2.24) is 5.32 Å². The summed E-state index contributed by atoms with van der Waals surface area (Å²) in [7, 11) is -1.51. The Morgan fingerprint density at radius 1 is 1.38 bits per heavy atom. The molecule has 0 amide bonds. The Bertz CT molecular complexity index is 134. The van der Waals surface area contributed by atoms with E-state index in [4.69, 9.17) is 15.9 Å². The third-order valence-electron chi connectivity index (χ3n) is 1.34. The van der Waals surface area contributed by atoms with Gasteiger partial charge in [-0.3, -0.25) is 5.32 Å². The highest BCUT2D eigenvalue weighted by atomic mass is 28.4. The number of nitrogens with one attached hydrogen (secondary N) is 1. The molecule has 5 heteroatoms. The number of nitrogens with two attached hydrogens (primary N) is 2. The summed E-state index contributed by atoms with van der Waals surface area (Å²) in [5.41, 5.74) is 11.3. The summed E-state index contributed by atoms with van der Waals surface area (Å²) < 4.78 is 5.83. The maximum absolute atomic E-state index is 5.83. The normalized spacial score (nSPS) is 15.9. The lowest BCUT2D eigenvalue weighted by molar-refractivity contribution is 0.112. The molecule has 80 valence electrons. The van der Waals surface area contributed by atoms with Gasteiger partial charge in [0.2, 0.25) is 0 Å². The second-order valence-electron chi connectivity index (χ2n) is 4.55. The largest absolute Gasteiger partial charge is 0.402 e. The zero-order chi connectivity index (χ0) is 10.7. The summed E-state index contributed by atoms with van der Waals surface area (Å²) in [5, 5.41) is 3.03. The van der Waals surface area contributed by atoms with Gasteiger partial charge >= 0.3 is 0 Å². The molecular formula is C8H23N3OSi. The van der Waals surface area contributed by atoms with E-state index in [0.29, 0.717) is 0 Å². The van der Waals surface area contributed by atoms with Crippen molar-refractivity contribution in [3.63, 3.8) is 0 Å². The van der Waals surface area contributed by atoms with Crippen molar-refractivity contribution < 1.29 is 4.43 Å². The third-order valence-corrected chi connectivity index (χ3v) is 2.33. The fraction of sp³-hybridized carbons (Fsp3) is 1.00. The molecule has 5 N–H and O–H groups in total. The van der Waals surface area contributed by atoms with Gasteiger partial charge in [-0.2, -0.15) is 0 Å². The predicted octanol–water partition coefficient (Wildman–Crippen LogP) is 0.755. The number of hydrogen-bond acceptors (Lipinski definition) is 4. The second kappa shape index (κ2) is 4.52. The Morgan fingerprint density at radius 2 is 1.85 bits per heavy atom. The molecule has 0 saturated heterocycles. The van der Waals surface area contributed by atoms with Crippen LogP contribution in [-0.4, -0.2) is 20.3 Å². The van der Waals surface area contributed by atoms with Crippen LogP contribution in [0.15, 0.2) is 0 Å². The van der Waals surface area contributed by atoms with Crippen LogP contribution in [0.25, 0.3) is 0 Å². The van der Waals surface area contributed by atoms with E-state index in [0.717, 1.165) is 6.42 Å². The van der Waals surface area contributed by atoms with Crippen LogP contribution in [0, 0.1) is 0 Å². The van der Waals surface area contributed by atoms with Crippen LogP contribution >= 0.6 is 0 Å². The Hall–Kier alpha value is 0.0569. The topological polar surface area (TPSA) is 73.3 Å². The van der Waals surface area contributed by atoms with E-state index in [1.165, 1.54) is 0 Å². The van der Waals surface area contributed by atoms with Gasteiger partial charge in [-0.1, -0.05) is 6.92 Å². The van der Waals surface area contributed by atoms with Crippen LogP contribution in [0.2, 0.25) is 19.6 Å². The zero-order valence-corrected chi connectivity index (χ0v) is 10.3. The summed E-state index contributed by atoms with van der Waals surface area (Å²) in [5.74, 6) is -0.861. The van der Waals surface area contributed by atoms with Gasteiger partial charge in [0.1, 0.15) is 5.79 Å². The maximum atomic E-state index is 5.83. The summed E-state index contributed by atoms with van der Waals surface area (Å²) in [6.45, 7) is 10.2. The highest BCUT2D eigenvalue weighted by molar-refractivity contribution is 6.69. The van der Waals surface area contributed by atoms with E-state index in [9.17, 15) is 0 Å². The standard InChI is InChI=1S/C8H23N3OSi/c1-6-7(11-8(2,9)10)12-13(3,4)5/h7,11H,6,9-10H2,1-5H3. The van der Waals surface area contributed by atoms with Crippen molar-refractivity contribution in [2.24, 2.45) is 11.5 Å². The van der Waals surface area contributed by atoms with Crippen LogP contribution in [0.5, 0.6) is 0 Å². The lowest BCUT2D eigenvalue weighted by atomic mass is 10.3. The highest BCUT2D eigenvalue weighted by Gasteiger charge is 2.23. The second-order valence-corrected chi connectivity index (χ2v) is 9.01. The molecule has 0 aliphatic heterocycles. The van der Waals surface area contributed by atoms with Crippen LogP contribution in [0.3, 0.4) is 0 Å². The lowest BCUT2D eigenvalue weighted by Gasteiger charge is -2.32. The first-order chi connectivity index (χ1) is 5.64. The maximum Gasteiger partial charge on any atom is 0.185 e. The molecule has 0 rings (SSSR count). The van der Waals surface area contributed by atoms with Crippen molar-refractivity contribution in [1.29, 1.82) is 0 Å². The first-order valence-electron chi connectivity index (χ1n) is 4.67. The monoisotopic (exact) mass is 205 g/mol. The number of hydrogen-bond donors (Lipinski definition) is 3. The molecule has 0 aliphatic rings. The molecule has 0 aliphatic carbocycles. The quantitative estimate of drug-likeness (QED) is 0.457. The molecule has 4 nitrogen and oxygen atoms in total. The average Bonchev–Trinajstić information content (AvgIpc) is 1.79. The highest BCUT2D eigenvalue weighted by Crippen LogP contribution is 2.08. The molecule has 0 bridgehead atoms. The van der Waals surface area contributed by atoms with Gasteiger partial charge in [-0.05, 0) is 33.0 Å². The van der Waals surface area contributed by atoms with Gasteiger partial charge in [-0.25, -0.2) is 0 Å². The summed E-state index contributed by atoms with van der Waals surface area (Å²) in [4.78, 5) is 0. The minimum Gasteiger partial charge on any atom is -0.402 e.